The molecule has 1 aliphatic rings. The van der Waals surface area contributed by atoms with Crippen LogP contribution >= 0.6 is 0 Å². The van der Waals surface area contributed by atoms with E-state index in [1.165, 1.54) is 0 Å². The molecule has 2 rings (SSSR count). The monoisotopic (exact) mass is 390 g/mol. The summed E-state index contributed by atoms with van der Waals surface area (Å²) in [6.07, 6.45) is 5.68. The minimum atomic E-state index is -1.04. The van der Waals surface area contributed by atoms with E-state index in [1.54, 1.807) is 32.0 Å². The maximum Gasteiger partial charge on any atom is 0.341 e. The van der Waals surface area contributed by atoms with E-state index in [1.807, 2.05) is 6.07 Å². The maximum atomic E-state index is 12.7. The fourth-order valence-corrected chi connectivity index (χ4v) is 3.74. The molecule has 0 heterocycles. The van der Waals surface area contributed by atoms with Crippen LogP contribution < -0.4 is 4.74 Å². The number of carboxylic acids is 1. The fourth-order valence-electron chi connectivity index (χ4n) is 3.74. The van der Waals surface area contributed by atoms with Crippen LogP contribution in [0.15, 0.2) is 24.3 Å². The van der Waals surface area contributed by atoms with Gasteiger partial charge in [0.25, 0.3) is 0 Å². The van der Waals surface area contributed by atoms with Crippen molar-refractivity contribution >= 4 is 17.7 Å². The van der Waals surface area contributed by atoms with Crippen molar-refractivity contribution in [1.82, 2.24) is 0 Å². The van der Waals surface area contributed by atoms with Gasteiger partial charge < -0.3 is 19.4 Å². The lowest BCUT2D eigenvalue weighted by molar-refractivity contribution is -0.154. The zero-order valence-corrected chi connectivity index (χ0v) is 16.7. The molecule has 1 N–H and O–H groups in total. The molecule has 0 bridgehead atoms. The first-order valence-electron chi connectivity index (χ1n) is 9.99. The van der Waals surface area contributed by atoms with Crippen LogP contribution in [0.25, 0.3) is 0 Å². The molecule has 0 aromatic heterocycles. The van der Waals surface area contributed by atoms with E-state index in [0.29, 0.717) is 18.1 Å². The zero-order valence-electron chi connectivity index (χ0n) is 16.7. The van der Waals surface area contributed by atoms with Gasteiger partial charge in [-0.2, -0.15) is 0 Å². The number of carboxylic acid groups (broad SMARTS) is 1. The molecule has 1 aliphatic carbocycles. The topological polar surface area (TPSA) is 89.9 Å². The Bertz CT molecular complexity index is 683. The molecular formula is C22H30O6. The van der Waals surface area contributed by atoms with E-state index in [2.05, 4.69) is 0 Å². The van der Waals surface area contributed by atoms with Crippen LogP contribution in [0.4, 0.5) is 0 Å². The second kappa shape index (κ2) is 10.8. The number of Topliss-reactive ketones (excluding diaryl/α,β-unsaturated/α-hetero) is 1. The highest BCUT2D eigenvalue weighted by atomic mass is 16.5. The first-order chi connectivity index (χ1) is 13.3. The van der Waals surface area contributed by atoms with E-state index in [4.69, 9.17) is 14.6 Å². The fraction of sp³-hybridized carbons (Fsp3) is 0.591. The number of esters is 1. The van der Waals surface area contributed by atoms with Crippen molar-refractivity contribution < 1.29 is 29.0 Å². The van der Waals surface area contributed by atoms with E-state index in [0.717, 1.165) is 44.1 Å². The number of rotatable bonds is 8. The molecule has 1 aromatic carbocycles. The number of hydrogen-bond donors (Lipinski definition) is 1. The Hall–Kier alpha value is -2.37. The Labute approximate surface area is 166 Å². The molecule has 28 heavy (non-hydrogen) atoms. The Kier molecular flexibility index (Phi) is 8.48. The second-order valence-corrected chi connectivity index (χ2v) is 7.66. The first kappa shape index (κ1) is 21.9. The third-order valence-corrected chi connectivity index (χ3v) is 5.23. The summed E-state index contributed by atoms with van der Waals surface area (Å²) in [5.41, 5.74) is 0.761. The molecule has 6 heteroatoms. The SMILES string of the molecule is CC(=O)CC1CCCC[C@@H](C(=O)OC(C)c2cccc(OCC(=O)O)c2)CC1. The molecule has 1 fully saturated rings. The van der Waals surface area contributed by atoms with Crippen molar-refractivity contribution in [3.8, 4) is 5.75 Å². The smallest absolute Gasteiger partial charge is 0.341 e. The zero-order chi connectivity index (χ0) is 20.5. The minimum Gasteiger partial charge on any atom is -0.482 e. The molecule has 0 spiro atoms. The number of hydrogen-bond acceptors (Lipinski definition) is 5. The van der Waals surface area contributed by atoms with E-state index in [-0.39, 0.29) is 17.7 Å². The largest absolute Gasteiger partial charge is 0.482 e. The summed E-state index contributed by atoms with van der Waals surface area (Å²) in [6.45, 7) is 3.01. The average Bonchev–Trinajstić information content (AvgIpc) is 2.62. The van der Waals surface area contributed by atoms with Crippen molar-refractivity contribution in [2.45, 2.75) is 64.9 Å². The van der Waals surface area contributed by atoms with Crippen LogP contribution in [0, 0.1) is 11.8 Å². The van der Waals surface area contributed by atoms with Crippen LogP contribution in [-0.2, 0) is 19.1 Å². The van der Waals surface area contributed by atoms with Gasteiger partial charge in [0.05, 0.1) is 5.92 Å². The molecule has 1 saturated carbocycles. The predicted octanol–water partition coefficient (Wildman–Crippen LogP) is 4.32. The minimum absolute atomic E-state index is 0.136. The lowest BCUT2D eigenvalue weighted by Crippen LogP contribution is -2.22. The molecule has 3 atom stereocenters. The number of ether oxygens (including phenoxy) is 2. The second-order valence-electron chi connectivity index (χ2n) is 7.66. The van der Waals surface area contributed by atoms with Crippen molar-refractivity contribution in [3.05, 3.63) is 29.8 Å². The molecule has 0 saturated heterocycles. The summed E-state index contributed by atoms with van der Waals surface area (Å²) in [5.74, 6) is -0.369. The van der Waals surface area contributed by atoms with Gasteiger partial charge in [-0.15, -0.1) is 0 Å². The Morgan fingerprint density at radius 3 is 2.61 bits per heavy atom. The van der Waals surface area contributed by atoms with Crippen LogP contribution in [0.2, 0.25) is 0 Å². The predicted molar refractivity (Wildman–Crippen MR) is 104 cm³/mol. The van der Waals surface area contributed by atoms with Crippen molar-refractivity contribution in [3.63, 3.8) is 0 Å². The number of ketones is 1. The van der Waals surface area contributed by atoms with Gasteiger partial charge in [-0.25, -0.2) is 4.79 Å². The number of carbonyl (C=O) groups is 3. The van der Waals surface area contributed by atoms with Gasteiger partial charge in [0.2, 0.25) is 0 Å². The quantitative estimate of drug-likeness (QED) is 0.665. The molecule has 154 valence electrons. The first-order valence-corrected chi connectivity index (χ1v) is 9.99. The Morgan fingerprint density at radius 2 is 1.89 bits per heavy atom. The van der Waals surface area contributed by atoms with Crippen molar-refractivity contribution in [2.75, 3.05) is 6.61 Å². The summed E-state index contributed by atoms with van der Waals surface area (Å²) < 4.78 is 10.9. The summed E-state index contributed by atoms with van der Waals surface area (Å²) in [6, 6.07) is 6.94. The standard InChI is InChI=1S/C22H30O6/c1-15(23)12-17-6-3-4-7-18(11-10-17)22(26)28-16(2)19-8-5-9-20(13-19)27-14-21(24)25/h5,8-9,13,16-18H,3-4,6-7,10-12,14H2,1-2H3,(H,24,25)/t16?,17?,18-/m1/s1. The van der Waals surface area contributed by atoms with Crippen LogP contribution in [-0.4, -0.2) is 29.4 Å². The highest BCUT2D eigenvalue weighted by molar-refractivity contribution is 5.75. The molecule has 0 amide bonds. The van der Waals surface area contributed by atoms with E-state index >= 15 is 0 Å². The maximum absolute atomic E-state index is 12.7. The van der Waals surface area contributed by atoms with E-state index in [9.17, 15) is 14.4 Å². The van der Waals surface area contributed by atoms with Gasteiger partial charge in [-0.1, -0.05) is 31.4 Å². The summed E-state index contributed by atoms with van der Waals surface area (Å²) in [4.78, 5) is 34.7. The summed E-state index contributed by atoms with van der Waals surface area (Å²) >= 11 is 0. The highest BCUT2D eigenvalue weighted by Gasteiger charge is 2.26. The Balaban J connectivity index is 1.92. The van der Waals surface area contributed by atoms with Gasteiger partial charge in [-0.3, -0.25) is 4.79 Å². The third-order valence-electron chi connectivity index (χ3n) is 5.23. The third kappa shape index (κ3) is 7.33. The molecule has 2 unspecified atom stereocenters. The Morgan fingerprint density at radius 1 is 1.14 bits per heavy atom. The van der Waals surface area contributed by atoms with Gasteiger partial charge in [0.1, 0.15) is 17.6 Å². The van der Waals surface area contributed by atoms with Gasteiger partial charge in [0.15, 0.2) is 6.61 Å². The lowest BCUT2D eigenvalue weighted by Gasteiger charge is -2.25. The number of carbonyl (C=O) groups excluding carboxylic acids is 2. The molecule has 0 radical (unpaired) electrons. The van der Waals surface area contributed by atoms with Gasteiger partial charge in [0, 0.05) is 6.42 Å². The number of benzene rings is 1. The number of aliphatic carboxylic acids is 1. The average molecular weight is 390 g/mol. The van der Waals surface area contributed by atoms with E-state index < -0.39 is 18.7 Å². The van der Waals surface area contributed by atoms with Crippen LogP contribution in [0.1, 0.15) is 70.5 Å². The summed E-state index contributed by atoms with van der Waals surface area (Å²) in [5, 5.41) is 8.71. The molecule has 0 aliphatic heterocycles. The summed E-state index contributed by atoms with van der Waals surface area (Å²) in [7, 11) is 0. The van der Waals surface area contributed by atoms with Crippen molar-refractivity contribution in [2.24, 2.45) is 11.8 Å². The normalized spacial score (nSPS) is 21.1. The molecular weight excluding hydrogens is 360 g/mol. The van der Waals surface area contributed by atoms with Crippen LogP contribution in [0.5, 0.6) is 5.75 Å². The van der Waals surface area contributed by atoms with Crippen LogP contribution in [0.3, 0.4) is 0 Å². The molecule has 6 nitrogen and oxygen atoms in total. The lowest BCUT2D eigenvalue weighted by atomic mass is 9.83. The van der Waals surface area contributed by atoms with Gasteiger partial charge >= 0.3 is 11.9 Å². The van der Waals surface area contributed by atoms with Crippen molar-refractivity contribution in [1.29, 1.82) is 0 Å². The molecule has 1 aromatic rings. The van der Waals surface area contributed by atoms with Gasteiger partial charge in [-0.05, 0) is 56.7 Å². The highest BCUT2D eigenvalue weighted by Crippen LogP contribution is 2.31.